The fraction of sp³-hybridized carbons (Fsp3) is 1.00. The second-order valence-electron chi connectivity index (χ2n) is 3.09. The average molecular weight is 195 g/mol. The van der Waals surface area contributed by atoms with Crippen molar-refractivity contribution < 1.29 is 8.42 Å². The zero-order valence-electron chi connectivity index (χ0n) is 6.75. The van der Waals surface area contributed by atoms with E-state index in [1.54, 1.807) is 11.8 Å². The van der Waals surface area contributed by atoms with E-state index >= 15 is 0 Å². The van der Waals surface area contributed by atoms with E-state index in [0.717, 1.165) is 18.6 Å². The van der Waals surface area contributed by atoms with Crippen LogP contribution in [0.4, 0.5) is 0 Å². The first-order valence-electron chi connectivity index (χ1n) is 3.45. The highest BCUT2D eigenvalue weighted by Gasteiger charge is 2.44. The minimum Gasteiger partial charge on any atom is -0.213 e. The molecule has 1 rings (SSSR count). The van der Waals surface area contributed by atoms with Crippen molar-refractivity contribution in [2.45, 2.75) is 18.4 Å². The first kappa shape index (κ1) is 9.35. The lowest BCUT2D eigenvalue weighted by Crippen LogP contribution is -2.37. The number of rotatable bonds is 4. The zero-order chi connectivity index (χ0) is 8.54. The Hall–Kier alpha value is 0.260. The molecule has 5 heteroatoms. The predicted octanol–water partition coefficient (Wildman–Crippen LogP) is 0.431. The molecule has 1 N–H and O–H groups in total. The lowest BCUT2D eigenvalue weighted by Gasteiger charge is -2.13. The molecule has 1 fully saturated rings. The van der Waals surface area contributed by atoms with Gasteiger partial charge in [0.1, 0.15) is 0 Å². The Morgan fingerprint density at radius 1 is 1.55 bits per heavy atom. The molecule has 0 saturated heterocycles. The van der Waals surface area contributed by atoms with Gasteiger partial charge in [-0.25, -0.2) is 13.1 Å². The molecule has 0 spiro atoms. The maximum Gasteiger partial charge on any atom is 0.209 e. The Labute approximate surface area is 72.0 Å². The van der Waals surface area contributed by atoms with Gasteiger partial charge in [0.25, 0.3) is 0 Å². The number of sulfonamides is 1. The first-order chi connectivity index (χ1) is 4.97. The van der Waals surface area contributed by atoms with Gasteiger partial charge in [0.05, 0.1) is 6.26 Å². The van der Waals surface area contributed by atoms with Gasteiger partial charge >= 0.3 is 0 Å². The predicted molar refractivity (Wildman–Crippen MR) is 48.3 cm³/mol. The number of hydrogen-bond donors (Lipinski definition) is 1. The summed E-state index contributed by atoms with van der Waals surface area (Å²) in [7, 11) is -3.00. The summed E-state index contributed by atoms with van der Waals surface area (Å²) < 4.78 is 24.3. The maximum absolute atomic E-state index is 10.8. The molecular formula is C6H13NO2S2. The molecule has 11 heavy (non-hydrogen) atoms. The van der Waals surface area contributed by atoms with Crippen LogP contribution in [0.25, 0.3) is 0 Å². The van der Waals surface area contributed by atoms with Crippen molar-refractivity contribution in [1.29, 1.82) is 0 Å². The Kier molecular flexibility index (Phi) is 2.51. The van der Waals surface area contributed by atoms with Crippen molar-refractivity contribution >= 4 is 21.8 Å². The molecule has 0 heterocycles. The molecule has 0 unspecified atom stereocenters. The summed E-state index contributed by atoms with van der Waals surface area (Å²) in [5.74, 6) is 0.889. The van der Waals surface area contributed by atoms with Crippen LogP contribution in [0, 0.1) is 0 Å². The average Bonchev–Trinajstić information content (AvgIpc) is 2.44. The standard InChI is InChI=1S/C6H13NO2S2/c1-10-5-6(3-4-6)7-11(2,8)9/h7H,3-5H2,1-2H3. The molecule has 0 atom stereocenters. The minimum absolute atomic E-state index is 0.0903. The van der Waals surface area contributed by atoms with E-state index in [4.69, 9.17) is 0 Å². The lowest BCUT2D eigenvalue weighted by molar-refractivity contribution is 0.566. The smallest absolute Gasteiger partial charge is 0.209 e. The van der Waals surface area contributed by atoms with E-state index < -0.39 is 10.0 Å². The van der Waals surface area contributed by atoms with Crippen molar-refractivity contribution in [3.05, 3.63) is 0 Å². The Morgan fingerprint density at radius 2 is 2.09 bits per heavy atom. The molecule has 1 aliphatic carbocycles. The number of nitrogens with one attached hydrogen (secondary N) is 1. The SMILES string of the molecule is CSCC1(NS(C)(=O)=O)CC1. The third-order valence-corrected chi connectivity index (χ3v) is 3.32. The van der Waals surface area contributed by atoms with Crippen LogP contribution in [0.1, 0.15) is 12.8 Å². The second-order valence-corrected chi connectivity index (χ2v) is 5.70. The highest BCUT2D eigenvalue weighted by atomic mass is 32.2. The van der Waals surface area contributed by atoms with E-state index in [9.17, 15) is 8.42 Å². The molecule has 0 bridgehead atoms. The van der Waals surface area contributed by atoms with Crippen molar-refractivity contribution in [3.63, 3.8) is 0 Å². The fourth-order valence-corrected chi connectivity index (χ4v) is 3.16. The van der Waals surface area contributed by atoms with E-state index in [1.807, 2.05) is 6.26 Å². The van der Waals surface area contributed by atoms with Gasteiger partial charge < -0.3 is 0 Å². The molecule has 66 valence electrons. The first-order valence-corrected chi connectivity index (χ1v) is 6.74. The van der Waals surface area contributed by atoms with Crippen LogP contribution in [-0.4, -0.2) is 32.2 Å². The van der Waals surface area contributed by atoms with E-state index in [-0.39, 0.29) is 5.54 Å². The largest absolute Gasteiger partial charge is 0.213 e. The van der Waals surface area contributed by atoms with Crippen LogP contribution in [0.15, 0.2) is 0 Å². The Morgan fingerprint density at radius 3 is 2.36 bits per heavy atom. The quantitative estimate of drug-likeness (QED) is 0.707. The van der Waals surface area contributed by atoms with Crippen molar-refractivity contribution in [3.8, 4) is 0 Å². The summed E-state index contributed by atoms with van der Waals surface area (Å²) in [5.41, 5.74) is -0.0903. The van der Waals surface area contributed by atoms with Crippen molar-refractivity contribution in [2.75, 3.05) is 18.3 Å². The van der Waals surface area contributed by atoms with Gasteiger partial charge in [-0.2, -0.15) is 11.8 Å². The molecule has 1 saturated carbocycles. The van der Waals surface area contributed by atoms with E-state index in [2.05, 4.69) is 4.72 Å². The maximum atomic E-state index is 10.8. The molecule has 0 aromatic heterocycles. The molecular weight excluding hydrogens is 182 g/mol. The Balaban J connectivity index is 2.48. The zero-order valence-corrected chi connectivity index (χ0v) is 8.39. The normalized spacial score (nSPS) is 21.6. The summed E-state index contributed by atoms with van der Waals surface area (Å²) in [6, 6.07) is 0. The minimum atomic E-state index is -3.00. The lowest BCUT2D eigenvalue weighted by atomic mass is 10.4. The summed E-state index contributed by atoms with van der Waals surface area (Å²) >= 11 is 1.68. The molecule has 0 radical (unpaired) electrons. The molecule has 0 amide bonds. The third-order valence-electron chi connectivity index (χ3n) is 1.68. The summed E-state index contributed by atoms with van der Waals surface area (Å²) in [6.45, 7) is 0. The van der Waals surface area contributed by atoms with Crippen LogP contribution in [-0.2, 0) is 10.0 Å². The van der Waals surface area contributed by atoms with Gasteiger partial charge in [-0.15, -0.1) is 0 Å². The Bertz CT molecular complexity index is 231. The van der Waals surface area contributed by atoms with Gasteiger partial charge in [0, 0.05) is 11.3 Å². The van der Waals surface area contributed by atoms with Crippen molar-refractivity contribution in [1.82, 2.24) is 4.72 Å². The van der Waals surface area contributed by atoms with Gasteiger partial charge in [-0.3, -0.25) is 0 Å². The highest BCUT2D eigenvalue weighted by molar-refractivity contribution is 7.98. The molecule has 1 aliphatic rings. The monoisotopic (exact) mass is 195 g/mol. The van der Waals surface area contributed by atoms with Crippen LogP contribution in [0.5, 0.6) is 0 Å². The topological polar surface area (TPSA) is 46.2 Å². The van der Waals surface area contributed by atoms with Gasteiger partial charge in [-0.05, 0) is 19.1 Å². The number of thioether (sulfide) groups is 1. The molecule has 0 aromatic carbocycles. The molecule has 0 aromatic rings. The summed E-state index contributed by atoms with van der Waals surface area (Å²) in [5, 5.41) is 0. The highest BCUT2D eigenvalue weighted by Crippen LogP contribution is 2.38. The van der Waals surface area contributed by atoms with E-state index in [1.165, 1.54) is 6.26 Å². The van der Waals surface area contributed by atoms with Gasteiger partial charge in [0.2, 0.25) is 10.0 Å². The number of hydrogen-bond acceptors (Lipinski definition) is 3. The fourth-order valence-electron chi connectivity index (χ4n) is 1.10. The summed E-state index contributed by atoms with van der Waals surface area (Å²) in [4.78, 5) is 0. The van der Waals surface area contributed by atoms with Crippen molar-refractivity contribution in [2.24, 2.45) is 0 Å². The third kappa shape index (κ3) is 3.01. The van der Waals surface area contributed by atoms with Crippen LogP contribution < -0.4 is 4.72 Å². The second kappa shape index (κ2) is 2.95. The summed E-state index contributed by atoms with van der Waals surface area (Å²) in [6.07, 6.45) is 5.18. The molecule has 3 nitrogen and oxygen atoms in total. The van der Waals surface area contributed by atoms with Crippen LogP contribution in [0.2, 0.25) is 0 Å². The van der Waals surface area contributed by atoms with Crippen LogP contribution >= 0.6 is 11.8 Å². The van der Waals surface area contributed by atoms with E-state index in [0.29, 0.717) is 0 Å². The van der Waals surface area contributed by atoms with Crippen LogP contribution in [0.3, 0.4) is 0 Å². The van der Waals surface area contributed by atoms with Gasteiger partial charge in [0.15, 0.2) is 0 Å². The van der Waals surface area contributed by atoms with Gasteiger partial charge in [-0.1, -0.05) is 0 Å². The molecule has 0 aliphatic heterocycles.